The predicted molar refractivity (Wildman–Crippen MR) is 156 cm³/mol. The number of nitrogens with zero attached hydrogens (tertiary/aromatic N) is 4. The Balaban J connectivity index is 1.46. The molecule has 2 heterocycles. The van der Waals surface area contributed by atoms with Gasteiger partial charge in [-0.15, -0.1) is 0 Å². The number of nitrogens with one attached hydrogen (secondary N) is 3. The molecule has 3 N–H and O–H groups in total. The number of fused-ring (bicyclic) bond motifs is 1. The molecule has 0 aliphatic heterocycles. The summed E-state index contributed by atoms with van der Waals surface area (Å²) in [7, 11) is -2.26. The molecule has 41 heavy (non-hydrogen) atoms. The van der Waals surface area contributed by atoms with E-state index in [1.54, 1.807) is 26.0 Å². The van der Waals surface area contributed by atoms with Gasteiger partial charge in [0.25, 0.3) is 10.0 Å². The Bertz CT molecular complexity index is 1650. The van der Waals surface area contributed by atoms with E-state index in [1.165, 1.54) is 18.2 Å². The molecule has 0 fully saturated rings. The number of likely N-dealkylation sites (N-methyl/N-ethyl adjacent to an activating group) is 1. The number of sulfonamides is 1. The van der Waals surface area contributed by atoms with Crippen molar-refractivity contribution in [1.82, 2.24) is 25.1 Å². The summed E-state index contributed by atoms with van der Waals surface area (Å²) in [5.41, 5.74) is 2.14. The molecule has 0 spiro atoms. The Morgan fingerprint density at radius 2 is 1.88 bits per heavy atom. The smallest absolute Gasteiger partial charge is 0.308 e. The first-order valence-electron chi connectivity index (χ1n) is 12.8. The lowest BCUT2D eigenvalue weighted by molar-refractivity contribution is -0.147. The summed E-state index contributed by atoms with van der Waals surface area (Å²) in [6.07, 6.45) is 0. The van der Waals surface area contributed by atoms with Crippen molar-refractivity contribution in [2.75, 3.05) is 43.3 Å². The topological polar surface area (TPSA) is 142 Å². The summed E-state index contributed by atoms with van der Waals surface area (Å²) >= 11 is 5.85. The summed E-state index contributed by atoms with van der Waals surface area (Å²) in [5.74, 6) is -0.294. The quantitative estimate of drug-likeness (QED) is 0.200. The molecular weight excluding hydrogens is 573 g/mol. The average molecular weight is 604 g/mol. The zero-order chi connectivity index (χ0) is 29.7. The van der Waals surface area contributed by atoms with Gasteiger partial charge in [-0.25, -0.2) is 22.8 Å². The van der Waals surface area contributed by atoms with Gasteiger partial charge in [0.1, 0.15) is 23.1 Å². The lowest BCUT2D eigenvalue weighted by Gasteiger charge is -2.18. The second-order valence-electron chi connectivity index (χ2n) is 9.74. The van der Waals surface area contributed by atoms with Gasteiger partial charge in [-0.2, -0.15) is 5.10 Å². The molecule has 218 valence electrons. The zero-order valence-electron chi connectivity index (χ0n) is 23.0. The fourth-order valence-electron chi connectivity index (χ4n) is 3.86. The standard InChI is InChI=1S/C27H31ClFN7O4S/c1-16(2)27(37)40-14-13-36(4)12-11-30-25-23-17(3)33-34-26(23)32-24(31-25)18-5-8-20(9-6-18)35-41(38,39)22-15-19(28)7-10-21(22)29/h5-10,15-16,35H,11-14H2,1-4H3,(H2,30,31,32,33,34). The van der Waals surface area contributed by atoms with Crippen LogP contribution in [0.1, 0.15) is 19.5 Å². The largest absolute Gasteiger partial charge is 0.464 e. The van der Waals surface area contributed by atoms with Gasteiger partial charge in [-0.1, -0.05) is 25.4 Å². The first-order chi connectivity index (χ1) is 19.4. The van der Waals surface area contributed by atoms with Crippen LogP contribution in [0.15, 0.2) is 47.4 Å². The molecule has 0 bridgehead atoms. The first kappa shape index (κ1) is 30.2. The summed E-state index contributed by atoms with van der Waals surface area (Å²) in [5, 5.41) is 11.4. The summed E-state index contributed by atoms with van der Waals surface area (Å²) < 4.78 is 47.2. The Morgan fingerprint density at radius 1 is 1.15 bits per heavy atom. The van der Waals surface area contributed by atoms with E-state index in [2.05, 4.69) is 25.2 Å². The van der Waals surface area contributed by atoms with Crippen molar-refractivity contribution < 1.29 is 22.3 Å². The van der Waals surface area contributed by atoms with Crippen molar-refractivity contribution >= 4 is 50.1 Å². The summed E-state index contributed by atoms with van der Waals surface area (Å²) in [4.78, 5) is 22.4. The number of H-pyrrole nitrogens is 1. The number of hydrogen-bond acceptors (Lipinski definition) is 9. The van der Waals surface area contributed by atoms with Gasteiger partial charge in [-0.3, -0.25) is 14.6 Å². The SMILES string of the molecule is Cc1n[nH]c2nc(-c3ccc(NS(=O)(=O)c4cc(Cl)ccc4F)cc3)nc(NCCN(C)CCOC(=O)C(C)C)c12. The molecule has 0 saturated carbocycles. The van der Waals surface area contributed by atoms with Crippen LogP contribution in [0.5, 0.6) is 0 Å². The number of halogens is 2. The van der Waals surface area contributed by atoms with Gasteiger partial charge in [0.05, 0.1) is 17.0 Å². The number of ether oxygens (including phenoxy) is 1. The summed E-state index contributed by atoms with van der Waals surface area (Å²) in [6, 6.07) is 9.72. The number of carbonyl (C=O) groups is 1. The van der Waals surface area contributed by atoms with E-state index in [1.807, 2.05) is 18.9 Å². The number of rotatable bonds is 12. The Morgan fingerprint density at radius 3 is 2.59 bits per heavy atom. The van der Waals surface area contributed by atoms with E-state index in [4.69, 9.17) is 21.3 Å². The van der Waals surface area contributed by atoms with Gasteiger partial charge >= 0.3 is 5.97 Å². The van der Waals surface area contributed by atoms with Gasteiger partial charge < -0.3 is 15.0 Å². The minimum atomic E-state index is -4.20. The van der Waals surface area contributed by atoms with Crippen LogP contribution >= 0.6 is 11.6 Å². The molecule has 0 unspecified atom stereocenters. The van der Waals surface area contributed by atoms with Crippen LogP contribution < -0.4 is 10.0 Å². The minimum absolute atomic E-state index is 0.104. The second kappa shape index (κ2) is 12.8. The van der Waals surface area contributed by atoms with E-state index >= 15 is 0 Å². The van der Waals surface area contributed by atoms with Crippen LogP contribution in [-0.2, 0) is 19.6 Å². The number of aromatic nitrogens is 4. The normalized spacial score (nSPS) is 11.8. The molecule has 2 aromatic carbocycles. The molecule has 4 aromatic rings. The molecule has 0 aliphatic rings. The van der Waals surface area contributed by atoms with Gasteiger partial charge in [0, 0.05) is 35.9 Å². The third-order valence-electron chi connectivity index (χ3n) is 6.15. The monoisotopic (exact) mass is 603 g/mol. The Kier molecular flexibility index (Phi) is 9.41. The molecule has 0 atom stereocenters. The van der Waals surface area contributed by atoms with E-state index in [9.17, 15) is 17.6 Å². The van der Waals surface area contributed by atoms with Crippen LogP contribution in [0.3, 0.4) is 0 Å². The molecule has 2 aromatic heterocycles. The molecule has 0 radical (unpaired) electrons. The van der Waals surface area contributed by atoms with E-state index < -0.39 is 20.7 Å². The molecule has 14 heteroatoms. The third-order valence-corrected chi connectivity index (χ3v) is 7.78. The predicted octanol–water partition coefficient (Wildman–Crippen LogP) is 4.46. The van der Waals surface area contributed by atoms with E-state index in [-0.39, 0.29) is 22.6 Å². The number of esters is 1. The summed E-state index contributed by atoms with van der Waals surface area (Å²) in [6.45, 7) is 7.58. The maximum atomic E-state index is 14.1. The van der Waals surface area contributed by atoms with Crippen molar-refractivity contribution in [3.8, 4) is 11.4 Å². The highest BCUT2D eigenvalue weighted by atomic mass is 35.5. The van der Waals surface area contributed by atoms with E-state index in [0.717, 1.165) is 23.2 Å². The third kappa shape index (κ3) is 7.48. The zero-order valence-corrected chi connectivity index (χ0v) is 24.6. The van der Waals surface area contributed by atoms with Crippen molar-refractivity contribution in [3.63, 3.8) is 0 Å². The van der Waals surface area contributed by atoms with Crippen molar-refractivity contribution in [1.29, 1.82) is 0 Å². The molecular formula is C27H31ClFN7O4S. The van der Waals surface area contributed by atoms with Crippen LogP contribution in [0, 0.1) is 18.7 Å². The minimum Gasteiger partial charge on any atom is -0.464 e. The van der Waals surface area contributed by atoms with Crippen LogP contribution in [0.2, 0.25) is 5.02 Å². The number of carbonyl (C=O) groups excluding carboxylic acids is 1. The fourth-order valence-corrected chi connectivity index (χ4v) is 5.26. The lowest BCUT2D eigenvalue weighted by Crippen LogP contribution is -2.29. The second-order valence-corrected chi connectivity index (χ2v) is 11.8. The van der Waals surface area contributed by atoms with Gasteiger partial charge in [0.15, 0.2) is 11.5 Å². The maximum Gasteiger partial charge on any atom is 0.308 e. The Labute approximate surface area is 242 Å². The number of aromatic amines is 1. The number of anilines is 2. The van der Waals surface area contributed by atoms with E-state index in [0.29, 0.717) is 49.1 Å². The molecule has 11 nitrogen and oxygen atoms in total. The highest BCUT2D eigenvalue weighted by molar-refractivity contribution is 7.92. The van der Waals surface area contributed by atoms with Crippen LogP contribution in [0.25, 0.3) is 22.4 Å². The number of benzene rings is 2. The molecule has 4 rings (SSSR count). The van der Waals surface area contributed by atoms with Gasteiger partial charge in [-0.05, 0) is 56.4 Å². The van der Waals surface area contributed by atoms with Crippen LogP contribution in [-0.4, -0.2) is 72.7 Å². The molecule has 0 aliphatic carbocycles. The highest BCUT2D eigenvalue weighted by Gasteiger charge is 2.20. The Hall–Kier alpha value is -3.81. The average Bonchev–Trinajstić information content (AvgIpc) is 3.30. The van der Waals surface area contributed by atoms with Crippen LogP contribution in [0.4, 0.5) is 15.9 Å². The van der Waals surface area contributed by atoms with Gasteiger partial charge in [0.2, 0.25) is 0 Å². The fraction of sp³-hybridized carbons (Fsp3) is 0.333. The van der Waals surface area contributed by atoms with Crippen molar-refractivity contribution in [3.05, 3.63) is 59.0 Å². The molecule has 0 amide bonds. The maximum absolute atomic E-state index is 14.1. The van der Waals surface area contributed by atoms with Crippen molar-refractivity contribution in [2.45, 2.75) is 25.7 Å². The first-order valence-corrected chi connectivity index (χ1v) is 14.7. The number of aryl methyl sites for hydroxylation is 1. The molecule has 0 saturated heterocycles. The van der Waals surface area contributed by atoms with Crippen molar-refractivity contribution in [2.24, 2.45) is 5.92 Å². The highest BCUT2D eigenvalue weighted by Crippen LogP contribution is 2.28. The lowest BCUT2D eigenvalue weighted by atomic mass is 10.2. The number of hydrogen-bond donors (Lipinski definition) is 3.